The number of anilines is 1. The molecular formula is C22H21N7O. The highest BCUT2D eigenvalue weighted by atomic mass is 16.2. The first-order valence-corrected chi connectivity index (χ1v) is 10.0. The van der Waals surface area contributed by atoms with Crippen LogP contribution in [0.3, 0.4) is 0 Å². The number of nitrogens with two attached hydrogens (primary N) is 1. The third-order valence-electron chi connectivity index (χ3n) is 5.95. The smallest absolute Gasteiger partial charge is 0.247 e. The Bertz CT molecular complexity index is 1280. The van der Waals surface area contributed by atoms with Crippen LogP contribution in [0.1, 0.15) is 24.9 Å². The van der Waals surface area contributed by atoms with Crippen LogP contribution >= 0.6 is 0 Å². The van der Waals surface area contributed by atoms with E-state index >= 15 is 0 Å². The van der Waals surface area contributed by atoms with E-state index in [1.54, 1.807) is 15.8 Å². The first-order chi connectivity index (χ1) is 14.5. The van der Waals surface area contributed by atoms with Crippen molar-refractivity contribution in [2.45, 2.75) is 19.4 Å². The number of pyridine rings is 1. The van der Waals surface area contributed by atoms with Crippen molar-refractivity contribution in [2.75, 3.05) is 25.4 Å². The van der Waals surface area contributed by atoms with E-state index in [1.807, 2.05) is 37.4 Å². The molecule has 0 aliphatic carbocycles. The standard InChI is InChI=1S/C22H21N7O/c1-13(22(30)28-7-5-14(9-23)11-28)29-12-18-20(27-29)17-3-2-15(16-4-6-25-10-16)8-19(17)26-21(18)24/h2-4,6,8,12-14H,5,7,10-11H2,1H3,(H2,24,26)/t13?,14-/m1/s1. The predicted octanol–water partition coefficient (Wildman–Crippen LogP) is 2.57. The molecule has 30 heavy (non-hydrogen) atoms. The van der Waals surface area contributed by atoms with Crippen molar-refractivity contribution in [2.24, 2.45) is 10.9 Å². The number of hydrogen-bond acceptors (Lipinski definition) is 6. The molecule has 5 rings (SSSR count). The van der Waals surface area contributed by atoms with Gasteiger partial charge in [0.25, 0.3) is 0 Å². The summed E-state index contributed by atoms with van der Waals surface area (Å²) in [5.74, 6) is 0.269. The van der Waals surface area contributed by atoms with Gasteiger partial charge in [-0.1, -0.05) is 6.07 Å². The van der Waals surface area contributed by atoms with Gasteiger partial charge in [0.05, 0.1) is 29.4 Å². The number of rotatable bonds is 3. The van der Waals surface area contributed by atoms with Crippen molar-refractivity contribution < 1.29 is 4.79 Å². The largest absolute Gasteiger partial charge is 0.383 e. The zero-order valence-corrected chi connectivity index (χ0v) is 16.6. The lowest BCUT2D eigenvalue weighted by Crippen LogP contribution is -2.34. The highest BCUT2D eigenvalue weighted by molar-refractivity contribution is 6.08. The first kappa shape index (κ1) is 18.3. The van der Waals surface area contributed by atoms with E-state index in [1.165, 1.54) is 0 Å². The quantitative estimate of drug-likeness (QED) is 0.727. The summed E-state index contributed by atoms with van der Waals surface area (Å²) in [5.41, 5.74) is 9.95. The van der Waals surface area contributed by atoms with Gasteiger partial charge in [0.1, 0.15) is 17.4 Å². The third-order valence-corrected chi connectivity index (χ3v) is 5.95. The second-order valence-corrected chi connectivity index (χ2v) is 7.86. The number of carbonyl (C=O) groups excluding carboxylic acids is 1. The van der Waals surface area contributed by atoms with E-state index < -0.39 is 6.04 Å². The van der Waals surface area contributed by atoms with E-state index in [0.29, 0.717) is 25.5 Å². The molecule has 3 aromatic rings. The minimum atomic E-state index is -0.482. The average molecular weight is 399 g/mol. The molecule has 8 nitrogen and oxygen atoms in total. The Hall–Kier alpha value is -3.73. The number of likely N-dealkylation sites (tertiary alicyclic amines) is 1. The molecule has 0 spiro atoms. The fourth-order valence-corrected chi connectivity index (χ4v) is 4.17. The number of amides is 1. The van der Waals surface area contributed by atoms with Crippen LogP contribution in [0.15, 0.2) is 35.5 Å². The summed E-state index contributed by atoms with van der Waals surface area (Å²) in [7, 11) is 0. The average Bonchev–Trinajstić information content (AvgIpc) is 3.52. The van der Waals surface area contributed by atoms with Gasteiger partial charge in [0, 0.05) is 30.9 Å². The van der Waals surface area contributed by atoms with E-state index in [9.17, 15) is 4.79 Å². The second kappa shape index (κ2) is 6.95. The van der Waals surface area contributed by atoms with E-state index in [2.05, 4.69) is 16.0 Å². The lowest BCUT2D eigenvalue weighted by atomic mass is 10.0. The monoisotopic (exact) mass is 399 g/mol. The van der Waals surface area contributed by atoms with Crippen LogP contribution in [0.4, 0.5) is 5.82 Å². The summed E-state index contributed by atoms with van der Waals surface area (Å²) < 4.78 is 1.66. The lowest BCUT2D eigenvalue weighted by molar-refractivity contribution is -0.133. The highest BCUT2D eigenvalue weighted by Crippen LogP contribution is 2.31. The Balaban J connectivity index is 1.51. The van der Waals surface area contributed by atoms with Gasteiger partial charge in [-0.05, 0) is 42.7 Å². The third kappa shape index (κ3) is 2.90. The first-order valence-electron chi connectivity index (χ1n) is 10.0. The number of allylic oxidation sites excluding steroid dienone is 1. The number of aliphatic imine (C=N–C) groups is 1. The van der Waals surface area contributed by atoms with Crippen molar-refractivity contribution in [3.05, 3.63) is 36.0 Å². The number of carbonyl (C=O) groups is 1. The van der Waals surface area contributed by atoms with Gasteiger partial charge in [0.2, 0.25) is 5.91 Å². The summed E-state index contributed by atoms with van der Waals surface area (Å²) in [4.78, 5) is 23.5. The number of nitrogen functional groups attached to an aromatic ring is 1. The van der Waals surface area contributed by atoms with Gasteiger partial charge in [-0.25, -0.2) is 4.98 Å². The Morgan fingerprint density at radius 2 is 2.23 bits per heavy atom. The second-order valence-electron chi connectivity index (χ2n) is 7.86. The van der Waals surface area contributed by atoms with Gasteiger partial charge < -0.3 is 10.6 Å². The van der Waals surface area contributed by atoms with Gasteiger partial charge in [-0.2, -0.15) is 10.4 Å². The summed E-state index contributed by atoms with van der Waals surface area (Å²) in [5, 5.41) is 15.4. The summed E-state index contributed by atoms with van der Waals surface area (Å²) in [6.07, 6.45) is 6.32. The maximum Gasteiger partial charge on any atom is 0.247 e. The molecule has 1 aromatic carbocycles. The molecule has 1 fully saturated rings. The van der Waals surface area contributed by atoms with Gasteiger partial charge in [-0.3, -0.25) is 14.5 Å². The molecule has 150 valence electrons. The molecule has 4 heterocycles. The number of benzene rings is 1. The molecule has 2 N–H and O–H groups in total. The number of aromatic nitrogens is 3. The van der Waals surface area contributed by atoms with E-state index in [-0.39, 0.29) is 11.8 Å². The molecule has 2 aliphatic heterocycles. The Labute approximate surface area is 173 Å². The number of hydrogen-bond donors (Lipinski definition) is 1. The van der Waals surface area contributed by atoms with E-state index in [0.717, 1.165) is 39.4 Å². The summed E-state index contributed by atoms with van der Waals surface area (Å²) in [6, 6.07) is 7.81. The Kier molecular flexibility index (Phi) is 4.24. The topological polar surface area (TPSA) is 113 Å². The molecule has 1 amide bonds. The minimum Gasteiger partial charge on any atom is -0.383 e. The van der Waals surface area contributed by atoms with Gasteiger partial charge in [-0.15, -0.1) is 0 Å². The lowest BCUT2D eigenvalue weighted by Gasteiger charge is -2.20. The number of fused-ring (bicyclic) bond motifs is 3. The molecule has 0 saturated carbocycles. The van der Waals surface area contributed by atoms with Crippen LogP contribution in [-0.2, 0) is 4.79 Å². The normalized spacial score (nSPS) is 19.4. The summed E-state index contributed by atoms with van der Waals surface area (Å²) >= 11 is 0. The fraction of sp³-hybridized carbons (Fsp3) is 0.318. The number of nitrogens with zero attached hydrogens (tertiary/aromatic N) is 6. The van der Waals surface area contributed by atoms with Crippen LogP contribution in [-0.4, -0.2) is 51.4 Å². The van der Waals surface area contributed by atoms with Crippen molar-refractivity contribution in [1.29, 1.82) is 5.26 Å². The van der Waals surface area contributed by atoms with Crippen molar-refractivity contribution in [3.63, 3.8) is 0 Å². The fourth-order valence-electron chi connectivity index (χ4n) is 4.17. The SMILES string of the molecule is CC(C(=O)N1CC[C@H](C#N)C1)n1cc2c(N)nc3cc(C4=CC=NC4)ccc3c2n1. The van der Waals surface area contributed by atoms with Crippen molar-refractivity contribution in [3.8, 4) is 6.07 Å². The molecular weight excluding hydrogens is 378 g/mol. The van der Waals surface area contributed by atoms with Gasteiger partial charge in [0.15, 0.2) is 0 Å². The molecule has 2 aliphatic rings. The van der Waals surface area contributed by atoms with Crippen LogP contribution in [0.25, 0.3) is 27.4 Å². The van der Waals surface area contributed by atoms with Crippen molar-refractivity contribution >= 4 is 45.3 Å². The Morgan fingerprint density at radius 3 is 2.97 bits per heavy atom. The minimum absolute atomic E-state index is 0.0353. The zero-order chi connectivity index (χ0) is 20.8. The maximum absolute atomic E-state index is 12.9. The molecule has 2 atom stereocenters. The van der Waals surface area contributed by atoms with Crippen LogP contribution < -0.4 is 5.73 Å². The van der Waals surface area contributed by atoms with Crippen LogP contribution in [0, 0.1) is 17.2 Å². The number of nitriles is 1. The zero-order valence-electron chi connectivity index (χ0n) is 16.6. The predicted molar refractivity (Wildman–Crippen MR) is 116 cm³/mol. The molecule has 1 unspecified atom stereocenters. The van der Waals surface area contributed by atoms with Crippen molar-refractivity contribution in [1.82, 2.24) is 19.7 Å². The summed E-state index contributed by atoms with van der Waals surface area (Å²) in [6.45, 7) is 3.58. The molecule has 8 heteroatoms. The Morgan fingerprint density at radius 1 is 1.37 bits per heavy atom. The van der Waals surface area contributed by atoms with Gasteiger partial charge >= 0.3 is 0 Å². The van der Waals surface area contributed by atoms with Crippen LogP contribution in [0.5, 0.6) is 0 Å². The van der Waals surface area contributed by atoms with Crippen LogP contribution in [0.2, 0.25) is 0 Å². The molecule has 0 bridgehead atoms. The molecule has 1 saturated heterocycles. The molecule has 2 aromatic heterocycles. The maximum atomic E-state index is 12.9. The molecule has 0 radical (unpaired) electrons. The highest BCUT2D eigenvalue weighted by Gasteiger charge is 2.30. The van der Waals surface area contributed by atoms with E-state index in [4.69, 9.17) is 16.1 Å².